The Morgan fingerprint density at radius 2 is 1.42 bits per heavy atom. The highest BCUT2D eigenvalue weighted by molar-refractivity contribution is 5.94. The van der Waals surface area contributed by atoms with E-state index in [1.54, 1.807) is 0 Å². The van der Waals surface area contributed by atoms with E-state index in [1.165, 1.54) is 19.3 Å². The van der Waals surface area contributed by atoms with Crippen molar-refractivity contribution >= 4 is 5.78 Å². The van der Waals surface area contributed by atoms with Gasteiger partial charge in [0.15, 0.2) is 5.41 Å². The Balaban J connectivity index is 1.51. The lowest BCUT2D eigenvalue weighted by Crippen LogP contribution is -2.51. The van der Waals surface area contributed by atoms with Crippen LogP contribution < -0.4 is 0 Å². The molecule has 24 heavy (non-hydrogen) atoms. The Morgan fingerprint density at radius 3 is 1.88 bits per heavy atom. The van der Waals surface area contributed by atoms with Crippen molar-refractivity contribution in [2.45, 2.75) is 51.4 Å². The van der Waals surface area contributed by atoms with E-state index in [9.17, 15) is 15.3 Å². The molecule has 0 amide bonds. The zero-order chi connectivity index (χ0) is 16.6. The van der Waals surface area contributed by atoms with E-state index in [0.717, 1.165) is 19.3 Å². The van der Waals surface area contributed by atoms with Gasteiger partial charge in [-0.1, -0.05) is 0 Å². The van der Waals surface area contributed by atoms with Crippen LogP contribution in [0.2, 0.25) is 0 Å². The lowest BCUT2D eigenvalue weighted by atomic mass is 9.48. The van der Waals surface area contributed by atoms with Gasteiger partial charge in [-0.15, -0.1) is 0 Å². The molecule has 6 aliphatic rings. The molecule has 1 heterocycles. The molecule has 4 heteroatoms. The maximum absolute atomic E-state index is 13.7. The van der Waals surface area contributed by atoms with Crippen molar-refractivity contribution in [3.63, 3.8) is 0 Å². The van der Waals surface area contributed by atoms with Crippen LogP contribution in [0.4, 0.5) is 0 Å². The average molecular weight is 324 g/mol. The largest absolute Gasteiger partial charge is 0.381 e. The van der Waals surface area contributed by atoms with Gasteiger partial charge in [0, 0.05) is 24.0 Å². The number of ketones is 1. The Hall–Kier alpha value is -1.39. The Morgan fingerprint density at radius 1 is 0.917 bits per heavy atom. The van der Waals surface area contributed by atoms with Gasteiger partial charge >= 0.3 is 0 Å². The van der Waals surface area contributed by atoms with Gasteiger partial charge in [0.2, 0.25) is 0 Å². The van der Waals surface area contributed by atoms with E-state index >= 15 is 0 Å². The second kappa shape index (κ2) is 4.61. The normalized spacial score (nSPS) is 46.2. The predicted molar refractivity (Wildman–Crippen MR) is 85.2 cm³/mol. The molecule has 0 N–H and O–H groups in total. The standard InChI is InChI=1S/C20H24N2O2/c21-11-20(12-22)16(19(20)1-3-24-4-2-19)17(23)18-8-13-5-14(9-18)7-15(6-13)10-18/h13-16H,1-10H2/t13?,14?,15?,16-,18?/m0/s1. The second-order valence-electron chi connectivity index (χ2n) is 9.30. The van der Waals surface area contributed by atoms with Crippen LogP contribution in [0.3, 0.4) is 0 Å². The number of rotatable bonds is 2. The van der Waals surface area contributed by atoms with Crippen LogP contribution >= 0.6 is 0 Å². The van der Waals surface area contributed by atoms with Crippen LogP contribution in [0.1, 0.15) is 51.4 Å². The summed E-state index contributed by atoms with van der Waals surface area (Å²) in [7, 11) is 0. The predicted octanol–water partition coefficient (Wildman–Crippen LogP) is 3.23. The van der Waals surface area contributed by atoms with Crippen LogP contribution in [0.5, 0.6) is 0 Å². The number of carbonyl (C=O) groups excluding carboxylic acids is 1. The Labute approximate surface area is 143 Å². The van der Waals surface area contributed by atoms with Crippen LogP contribution in [0.15, 0.2) is 0 Å². The average Bonchev–Trinajstić information content (AvgIpc) is 3.13. The number of Topliss-reactive ketones (excluding diaryl/α,β-unsaturated/α-hetero) is 1. The second-order valence-corrected chi connectivity index (χ2v) is 9.30. The van der Waals surface area contributed by atoms with Crippen molar-refractivity contribution < 1.29 is 9.53 Å². The van der Waals surface area contributed by atoms with Gasteiger partial charge in [0.25, 0.3) is 0 Å². The number of ether oxygens (including phenoxy) is 1. The number of hydrogen-bond donors (Lipinski definition) is 0. The zero-order valence-corrected chi connectivity index (χ0v) is 14.1. The van der Waals surface area contributed by atoms with Gasteiger partial charge in [-0.2, -0.15) is 10.5 Å². The fraction of sp³-hybridized carbons (Fsp3) is 0.850. The highest BCUT2D eigenvalue weighted by Crippen LogP contribution is 2.76. The summed E-state index contributed by atoms with van der Waals surface area (Å²) in [6.45, 7) is 1.16. The SMILES string of the molecule is N#CC1(C#N)[C@@H](C(=O)C23CC4CC(CC(C4)C2)C3)C12CCOCC2. The molecule has 4 nitrogen and oxygen atoms in total. The fourth-order valence-corrected chi connectivity index (χ4v) is 7.56. The molecule has 1 aliphatic heterocycles. The third kappa shape index (κ3) is 1.59. The summed E-state index contributed by atoms with van der Waals surface area (Å²) < 4.78 is 5.47. The topological polar surface area (TPSA) is 73.9 Å². The number of nitrogens with zero attached hydrogens (tertiary/aromatic N) is 2. The highest BCUT2D eigenvalue weighted by atomic mass is 16.5. The van der Waals surface area contributed by atoms with E-state index in [1.807, 2.05) is 0 Å². The molecule has 6 rings (SSSR count). The molecule has 5 saturated carbocycles. The minimum Gasteiger partial charge on any atom is -0.381 e. The lowest BCUT2D eigenvalue weighted by Gasteiger charge is -2.56. The molecular weight excluding hydrogens is 300 g/mol. The third-order valence-electron chi connectivity index (χ3n) is 8.25. The molecule has 4 bridgehead atoms. The first-order valence-corrected chi connectivity index (χ1v) is 9.54. The maximum atomic E-state index is 13.7. The summed E-state index contributed by atoms with van der Waals surface area (Å²) in [4.78, 5) is 13.7. The van der Waals surface area contributed by atoms with E-state index in [-0.39, 0.29) is 17.1 Å². The van der Waals surface area contributed by atoms with Gasteiger partial charge in [-0.25, -0.2) is 0 Å². The minimum atomic E-state index is -1.09. The van der Waals surface area contributed by atoms with Gasteiger partial charge in [-0.05, 0) is 69.1 Å². The molecule has 0 aromatic heterocycles. The van der Waals surface area contributed by atoms with Gasteiger partial charge in [0.05, 0.1) is 18.1 Å². The molecule has 6 fully saturated rings. The molecular formula is C20H24N2O2. The van der Waals surface area contributed by atoms with Crippen LogP contribution in [-0.4, -0.2) is 19.0 Å². The minimum absolute atomic E-state index is 0.208. The van der Waals surface area contributed by atoms with Crippen LogP contribution in [0.25, 0.3) is 0 Å². The summed E-state index contributed by atoms with van der Waals surface area (Å²) in [5.41, 5.74) is -1.72. The van der Waals surface area contributed by atoms with Crippen molar-refractivity contribution in [2.24, 2.45) is 39.9 Å². The molecule has 0 aromatic rings. The number of carbonyl (C=O) groups is 1. The summed E-state index contributed by atoms with van der Waals surface area (Å²) in [5.74, 6) is 2.06. The van der Waals surface area contributed by atoms with Crippen molar-refractivity contribution in [1.29, 1.82) is 10.5 Å². The van der Waals surface area contributed by atoms with Crippen molar-refractivity contribution in [2.75, 3.05) is 13.2 Å². The van der Waals surface area contributed by atoms with Gasteiger partial charge < -0.3 is 4.74 Å². The van der Waals surface area contributed by atoms with Gasteiger partial charge in [-0.3, -0.25) is 4.79 Å². The fourth-order valence-electron chi connectivity index (χ4n) is 7.56. The van der Waals surface area contributed by atoms with Crippen molar-refractivity contribution in [3.8, 4) is 12.1 Å². The molecule has 0 radical (unpaired) electrons. The van der Waals surface area contributed by atoms with Crippen molar-refractivity contribution in [3.05, 3.63) is 0 Å². The summed E-state index contributed by atoms with van der Waals surface area (Å²) in [6.07, 6.45) is 8.36. The van der Waals surface area contributed by atoms with E-state index < -0.39 is 10.8 Å². The van der Waals surface area contributed by atoms with Gasteiger partial charge in [0.1, 0.15) is 5.78 Å². The summed E-state index contributed by atoms with van der Waals surface area (Å²) in [5, 5.41) is 19.6. The first kappa shape index (κ1) is 14.9. The molecule has 5 aliphatic carbocycles. The van der Waals surface area contributed by atoms with E-state index in [0.29, 0.717) is 43.8 Å². The quantitative estimate of drug-likeness (QED) is 0.781. The Kier molecular flexibility index (Phi) is 2.87. The molecule has 0 aromatic carbocycles. The molecule has 1 spiro atoms. The third-order valence-corrected chi connectivity index (χ3v) is 8.25. The van der Waals surface area contributed by atoms with Crippen molar-refractivity contribution in [1.82, 2.24) is 0 Å². The summed E-state index contributed by atoms with van der Waals surface area (Å²) in [6, 6.07) is 4.58. The highest BCUT2D eigenvalue weighted by Gasteiger charge is 2.82. The smallest absolute Gasteiger partial charge is 0.160 e. The maximum Gasteiger partial charge on any atom is 0.160 e. The number of hydrogen-bond acceptors (Lipinski definition) is 4. The monoisotopic (exact) mass is 324 g/mol. The molecule has 126 valence electrons. The van der Waals surface area contributed by atoms with E-state index in [2.05, 4.69) is 12.1 Å². The van der Waals surface area contributed by atoms with E-state index in [4.69, 9.17) is 4.74 Å². The van der Waals surface area contributed by atoms with Crippen LogP contribution in [0, 0.1) is 62.6 Å². The lowest BCUT2D eigenvalue weighted by molar-refractivity contribution is -0.146. The molecule has 1 saturated heterocycles. The zero-order valence-electron chi connectivity index (χ0n) is 14.1. The first-order chi connectivity index (χ1) is 11.6. The first-order valence-electron chi connectivity index (χ1n) is 9.54. The Bertz CT molecular complexity index is 627. The molecule has 0 unspecified atom stereocenters. The van der Waals surface area contributed by atoms with Crippen LogP contribution in [-0.2, 0) is 9.53 Å². The summed E-state index contributed by atoms with van der Waals surface area (Å²) >= 11 is 0. The number of nitriles is 2. The molecule has 1 atom stereocenters.